The molecule has 0 radical (unpaired) electrons. The lowest BCUT2D eigenvalue weighted by Gasteiger charge is -2.11. The van der Waals surface area contributed by atoms with E-state index < -0.39 is 32.6 Å². The van der Waals surface area contributed by atoms with Crippen LogP contribution in [-0.4, -0.2) is 38.9 Å². The summed E-state index contributed by atoms with van der Waals surface area (Å²) in [4.78, 5) is -0.210. The summed E-state index contributed by atoms with van der Waals surface area (Å²) in [7, 11) is -8.79. The number of phenolic OH excluding ortho intramolecular Hbond substituents is 1. The molecule has 0 aromatic heterocycles. The SMILES string of the molecule is Cc1cc2ccc(N)c(N=Nc3ccccc3S(=O)(=O)CCOS(=O)(=O)O)c2c(O)c1C. The number of nitrogens with zero attached hydrogens (tertiary/aromatic N) is 2. The minimum atomic E-state index is -4.77. The van der Waals surface area contributed by atoms with Gasteiger partial charge >= 0.3 is 10.4 Å². The van der Waals surface area contributed by atoms with Crippen molar-refractivity contribution in [2.75, 3.05) is 18.1 Å². The molecular weight excluding hydrogens is 458 g/mol. The Balaban J connectivity index is 2.05. The van der Waals surface area contributed by atoms with Gasteiger partial charge in [0.25, 0.3) is 0 Å². The molecule has 0 saturated heterocycles. The first-order valence-electron chi connectivity index (χ1n) is 9.27. The molecule has 0 saturated carbocycles. The molecule has 0 unspecified atom stereocenters. The highest BCUT2D eigenvalue weighted by Crippen LogP contribution is 2.41. The average Bonchev–Trinajstić information content (AvgIpc) is 2.71. The van der Waals surface area contributed by atoms with Crippen molar-refractivity contribution in [3.8, 4) is 5.75 Å². The standard InChI is InChI=1S/C20H21N3O7S2/c1-12-11-14-7-8-15(21)19(18(14)20(24)13(12)2)23-22-16-5-3-4-6-17(16)31(25,26)10-9-30-32(27,28)29/h3-8,11,24H,9-10,21H2,1-2H3,(H,27,28,29). The first-order valence-corrected chi connectivity index (χ1v) is 12.3. The Morgan fingerprint density at radius 3 is 2.41 bits per heavy atom. The van der Waals surface area contributed by atoms with Crippen molar-refractivity contribution in [3.63, 3.8) is 0 Å². The summed E-state index contributed by atoms with van der Waals surface area (Å²) in [6.45, 7) is 2.85. The molecule has 0 aliphatic carbocycles. The van der Waals surface area contributed by atoms with E-state index in [1.807, 2.05) is 13.0 Å². The van der Waals surface area contributed by atoms with E-state index >= 15 is 0 Å². The molecule has 0 fully saturated rings. The molecule has 0 aliphatic rings. The van der Waals surface area contributed by atoms with Gasteiger partial charge in [0.1, 0.15) is 17.1 Å². The highest BCUT2D eigenvalue weighted by atomic mass is 32.3. The van der Waals surface area contributed by atoms with Crippen LogP contribution in [0.4, 0.5) is 17.1 Å². The van der Waals surface area contributed by atoms with Crippen LogP contribution in [0.1, 0.15) is 11.1 Å². The maximum Gasteiger partial charge on any atom is 0.397 e. The summed E-state index contributed by atoms with van der Waals surface area (Å²) in [6, 6.07) is 10.9. The van der Waals surface area contributed by atoms with Crippen molar-refractivity contribution in [1.82, 2.24) is 0 Å². The van der Waals surface area contributed by atoms with Gasteiger partial charge in [-0.3, -0.25) is 4.55 Å². The summed E-state index contributed by atoms with van der Waals surface area (Å²) in [6.07, 6.45) is 0. The first kappa shape index (κ1) is 23.6. The second kappa shape index (κ2) is 8.82. The first-order chi connectivity index (χ1) is 14.9. The maximum absolute atomic E-state index is 12.6. The smallest absolute Gasteiger partial charge is 0.397 e. The minimum Gasteiger partial charge on any atom is -0.507 e. The molecule has 0 bridgehead atoms. The van der Waals surface area contributed by atoms with Crippen LogP contribution >= 0.6 is 0 Å². The third-order valence-electron chi connectivity index (χ3n) is 4.84. The van der Waals surface area contributed by atoms with Crippen LogP contribution in [0.5, 0.6) is 5.75 Å². The third-order valence-corrected chi connectivity index (χ3v) is 7.02. The van der Waals surface area contributed by atoms with Gasteiger partial charge in [0.2, 0.25) is 0 Å². The zero-order valence-corrected chi connectivity index (χ0v) is 18.8. The van der Waals surface area contributed by atoms with E-state index in [0.29, 0.717) is 16.3 Å². The Morgan fingerprint density at radius 1 is 1.03 bits per heavy atom. The van der Waals surface area contributed by atoms with Crippen LogP contribution in [0.3, 0.4) is 0 Å². The highest BCUT2D eigenvalue weighted by Gasteiger charge is 2.20. The Labute approximate surface area is 185 Å². The van der Waals surface area contributed by atoms with Crippen molar-refractivity contribution in [2.45, 2.75) is 18.7 Å². The van der Waals surface area contributed by atoms with E-state index in [1.54, 1.807) is 25.1 Å². The van der Waals surface area contributed by atoms with Gasteiger partial charge < -0.3 is 10.8 Å². The van der Waals surface area contributed by atoms with Gasteiger partial charge in [-0.25, -0.2) is 12.6 Å². The molecule has 4 N–H and O–H groups in total. The highest BCUT2D eigenvalue weighted by molar-refractivity contribution is 7.91. The molecule has 3 aromatic carbocycles. The third kappa shape index (κ3) is 5.05. The lowest BCUT2D eigenvalue weighted by molar-refractivity contribution is 0.284. The summed E-state index contributed by atoms with van der Waals surface area (Å²) in [5.41, 5.74) is 8.00. The second-order valence-electron chi connectivity index (χ2n) is 7.00. The maximum atomic E-state index is 12.6. The van der Waals surface area contributed by atoms with E-state index in [-0.39, 0.29) is 27.7 Å². The monoisotopic (exact) mass is 479 g/mol. The zero-order valence-electron chi connectivity index (χ0n) is 17.2. The molecule has 3 aromatic rings. The number of phenols is 1. The van der Waals surface area contributed by atoms with Crippen LogP contribution in [0.2, 0.25) is 0 Å². The van der Waals surface area contributed by atoms with Crippen molar-refractivity contribution < 1.29 is 30.7 Å². The molecule has 0 spiro atoms. The number of azo groups is 1. The van der Waals surface area contributed by atoms with Gasteiger partial charge in [0.05, 0.1) is 28.3 Å². The number of fused-ring (bicyclic) bond motifs is 1. The molecule has 170 valence electrons. The quantitative estimate of drug-likeness (QED) is 0.261. The number of nitrogen functional groups attached to an aromatic ring is 1. The molecule has 0 aliphatic heterocycles. The van der Waals surface area contributed by atoms with Crippen molar-refractivity contribution in [2.24, 2.45) is 10.2 Å². The Hall–Kier alpha value is -3.06. The summed E-state index contributed by atoms with van der Waals surface area (Å²) >= 11 is 0. The Bertz CT molecular complexity index is 1430. The lowest BCUT2D eigenvalue weighted by atomic mass is 9.99. The fourth-order valence-corrected chi connectivity index (χ4v) is 4.72. The predicted octanol–water partition coefficient (Wildman–Crippen LogP) is 3.75. The molecule has 0 heterocycles. The number of nitrogens with two attached hydrogens (primary N) is 1. The molecule has 32 heavy (non-hydrogen) atoms. The molecule has 12 heteroatoms. The number of rotatable bonds is 7. The minimum absolute atomic E-state index is 0.00418. The van der Waals surface area contributed by atoms with Crippen LogP contribution in [0.15, 0.2) is 57.6 Å². The van der Waals surface area contributed by atoms with Gasteiger partial charge in [-0.05, 0) is 48.6 Å². The Kier molecular flexibility index (Phi) is 6.51. The molecule has 3 rings (SSSR count). The predicted molar refractivity (Wildman–Crippen MR) is 120 cm³/mol. The lowest BCUT2D eigenvalue weighted by Crippen LogP contribution is -2.15. The summed E-state index contributed by atoms with van der Waals surface area (Å²) in [5, 5.41) is 19.9. The average molecular weight is 480 g/mol. The normalized spacial score (nSPS) is 12.6. The summed E-state index contributed by atoms with van der Waals surface area (Å²) in [5.74, 6) is -0.709. The van der Waals surface area contributed by atoms with E-state index in [2.05, 4.69) is 14.4 Å². The van der Waals surface area contributed by atoms with Crippen LogP contribution in [0.25, 0.3) is 10.8 Å². The number of sulfone groups is 1. The van der Waals surface area contributed by atoms with Crippen molar-refractivity contribution in [3.05, 3.63) is 53.6 Å². The topological polar surface area (TPSA) is 169 Å². The fraction of sp³-hybridized carbons (Fsp3) is 0.200. The van der Waals surface area contributed by atoms with Gasteiger partial charge in [-0.1, -0.05) is 24.3 Å². The summed E-state index contributed by atoms with van der Waals surface area (Å²) < 4.78 is 59.3. The zero-order chi connectivity index (χ0) is 23.7. The van der Waals surface area contributed by atoms with E-state index in [0.717, 1.165) is 5.56 Å². The Morgan fingerprint density at radius 2 is 1.72 bits per heavy atom. The number of hydrogen-bond donors (Lipinski definition) is 3. The van der Waals surface area contributed by atoms with Gasteiger partial charge in [-0.2, -0.15) is 8.42 Å². The van der Waals surface area contributed by atoms with Gasteiger partial charge in [0, 0.05) is 0 Å². The fourth-order valence-electron chi connectivity index (χ4n) is 3.08. The number of aryl methyl sites for hydroxylation is 1. The second-order valence-corrected chi connectivity index (χ2v) is 10.2. The number of aromatic hydroxyl groups is 1. The molecule has 10 nitrogen and oxygen atoms in total. The molecule has 0 amide bonds. The van der Waals surface area contributed by atoms with Gasteiger partial charge in [0.15, 0.2) is 9.84 Å². The van der Waals surface area contributed by atoms with E-state index in [1.165, 1.54) is 18.2 Å². The van der Waals surface area contributed by atoms with Crippen LogP contribution in [-0.2, 0) is 24.4 Å². The number of benzene rings is 3. The van der Waals surface area contributed by atoms with Gasteiger partial charge in [-0.15, -0.1) is 10.2 Å². The van der Waals surface area contributed by atoms with E-state index in [9.17, 15) is 21.9 Å². The van der Waals surface area contributed by atoms with Crippen molar-refractivity contribution >= 4 is 48.1 Å². The number of hydrogen-bond acceptors (Lipinski definition) is 9. The molecule has 0 atom stereocenters. The molecular formula is C20H21N3O7S2. The largest absolute Gasteiger partial charge is 0.507 e. The van der Waals surface area contributed by atoms with E-state index in [4.69, 9.17) is 10.3 Å². The van der Waals surface area contributed by atoms with Crippen LogP contribution < -0.4 is 5.73 Å². The van der Waals surface area contributed by atoms with Crippen molar-refractivity contribution in [1.29, 1.82) is 0 Å². The number of anilines is 1. The van der Waals surface area contributed by atoms with Crippen LogP contribution in [0, 0.1) is 13.8 Å².